The fourth-order valence-electron chi connectivity index (χ4n) is 1.41. The summed E-state index contributed by atoms with van der Waals surface area (Å²) in [5.74, 6) is 0. The van der Waals surface area contributed by atoms with E-state index in [0.717, 1.165) is 5.69 Å². The Morgan fingerprint density at radius 2 is 2.29 bits per heavy atom. The highest BCUT2D eigenvalue weighted by Gasteiger charge is 2.16. The Kier molecular flexibility index (Phi) is 2.63. The molecular weight excluding hydrogens is 194 g/mol. The van der Waals surface area contributed by atoms with E-state index >= 15 is 0 Å². The number of aromatic nitrogens is 1. The van der Waals surface area contributed by atoms with E-state index in [2.05, 4.69) is 10.3 Å². The predicted octanol–water partition coefficient (Wildman–Crippen LogP) is 1.68. The molecule has 1 heterocycles. The number of nitrogens with zero attached hydrogens (tertiary/aromatic N) is 1. The molecule has 2 rings (SSSR count). The summed E-state index contributed by atoms with van der Waals surface area (Å²) in [6, 6.07) is 4.45. The molecule has 1 saturated carbocycles. The molecule has 0 unspecified atom stereocenters. The second-order valence-electron chi connectivity index (χ2n) is 3.57. The lowest BCUT2D eigenvalue weighted by Gasteiger charge is -2.27. The van der Waals surface area contributed by atoms with E-state index in [4.69, 9.17) is 18.0 Å². The lowest BCUT2D eigenvalue weighted by atomic mass is 9.93. The number of hydrogen-bond donors (Lipinski definition) is 2. The molecule has 1 aromatic rings. The van der Waals surface area contributed by atoms with Gasteiger partial charge in [0.2, 0.25) is 0 Å². The summed E-state index contributed by atoms with van der Waals surface area (Å²) in [6.45, 7) is 0. The minimum atomic E-state index is 0.347. The summed E-state index contributed by atoms with van der Waals surface area (Å²) < 4.78 is 0. The van der Waals surface area contributed by atoms with Crippen LogP contribution in [0.25, 0.3) is 0 Å². The third kappa shape index (κ3) is 2.01. The molecule has 3 nitrogen and oxygen atoms in total. The zero-order valence-electron chi connectivity index (χ0n) is 7.86. The van der Waals surface area contributed by atoms with Crippen molar-refractivity contribution in [1.82, 2.24) is 4.98 Å². The van der Waals surface area contributed by atoms with Crippen molar-refractivity contribution >= 4 is 22.9 Å². The normalized spacial score (nSPS) is 16.0. The van der Waals surface area contributed by atoms with Crippen molar-refractivity contribution in [3.05, 3.63) is 24.0 Å². The number of nitrogens with two attached hydrogens (primary N) is 1. The molecule has 0 aliphatic heterocycles. The quantitative estimate of drug-likeness (QED) is 0.740. The molecule has 0 amide bonds. The Labute approximate surface area is 88.7 Å². The highest BCUT2D eigenvalue weighted by Crippen LogP contribution is 2.22. The standard InChI is InChI=1S/C10H13N3S/c11-10(14)9-5-4-8(6-12-9)13-7-2-1-3-7/h4-7,13H,1-3H2,(H2,11,14). The van der Waals surface area contributed by atoms with Gasteiger partial charge < -0.3 is 11.1 Å². The van der Waals surface area contributed by atoms with Gasteiger partial charge in [0.1, 0.15) is 4.99 Å². The molecule has 0 radical (unpaired) electrons. The van der Waals surface area contributed by atoms with Crippen molar-refractivity contribution in [2.45, 2.75) is 25.3 Å². The second-order valence-corrected chi connectivity index (χ2v) is 4.01. The third-order valence-electron chi connectivity index (χ3n) is 2.49. The Morgan fingerprint density at radius 3 is 2.71 bits per heavy atom. The molecule has 0 bridgehead atoms. The van der Waals surface area contributed by atoms with E-state index in [-0.39, 0.29) is 0 Å². The van der Waals surface area contributed by atoms with Crippen LogP contribution in [0.1, 0.15) is 25.0 Å². The topological polar surface area (TPSA) is 50.9 Å². The molecule has 1 aromatic heterocycles. The molecule has 1 fully saturated rings. The van der Waals surface area contributed by atoms with Gasteiger partial charge in [0.05, 0.1) is 17.6 Å². The first-order valence-electron chi connectivity index (χ1n) is 4.78. The van der Waals surface area contributed by atoms with Crippen LogP contribution in [-0.2, 0) is 0 Å². The fraction of sp³-hybridized carbons (Fsp3) is 0.400. The van der Waals surface area contributed by atoms with E-state index in [1.807, 2.05) is 12.1 Å². The molecule has 0 spiro atoms. The van der Waals surface area contributed by atoms with Gasteiger partial charge in [0.25, 0.3) is 0 Å². The van der Waals surface area contributed by atoms with Crippen LogP contribution < -0.4 is 11.1 Å². The smallest absolute Gasteiger partial charge is 0.122 e. The number of anilines is 1. The fourth-order valence-corrected chi connectivity index (χ4v) is 1.53. The van der Waals surface area contributed by atoms with Crippen molar-refractivity contribution in [3.63, 3.8) is 0 Å². The van der Waals surface area contributed by atoms with Crippen LogP contribution in [0.5, 0.6) is 0 Å². The van der Waals surface area contributed by atoms with Gasteiger partial charge in [-0.25, -0.2) is 0 Å². The van der Waals surface area contributed by atoms with E-state index in [0.29, 0.717) is 16.7 Å². The first-order valence-corrected chi connectivity index (χ1v) is 5.19. The predicted molar refractivity (Wildman–Crippen MR) is 61.4 cm³/mol. The van der Waals surface area contributed by atoms with Gasteiger partial charge in [0.15, 0.2) is 0 Å². The summed E-state index contributed by atoms with van der Waals surface area (Å²) >= 11 is 4.82. The maximum Gasteiger partial charge on any atom is 0.122 e. The Bertz CT molecular complexity index is 330. The molecule has 1 aliphatic rings. The summed E-state index contributed by atoms with van der Waals surface area (Å²) in [4.78, 5) is 4.51. The Hall–Kier alpha value is -1.16. The minimum Gasteiger partial charge on any atom is -0.388 e. The van der Waals surface area contributed by atoms with Crippen LogP contribution in [0.3, 0.4) is 0 Å². The molecule has 0 aromatic carbocycles. The Balaban J connectivity index is 2.01. The molecular formula is C10H13N3S. The van der Waals surface area contributed by atoms with E-state index in [9.17, 15) is 0 Å². The zero-order chi connectivity index (χ0) is 9.97. The number of rotatable bonds is 3. The highest BCUT2D eigenvalue weighted by atomic mass is 32.1. The first-order chi connectivity index (χ1) is 6.75. The maximum absolute atomic E-state index is 5.45. The summed E-state index contributed by atoms with van der Waals surface area (Å²) in [5.41, 5.74) is 7.18. The van der Waals surface area contributed by atoms with Crippen LogP contribution >= 0.6 is 12.2 Å². The Morgan fingerprint density at radius 1 is 1.50 bits per heavy atom. The van der Waals surface area contributed by atoms with Gasteiger partial charge >= 0.3 is 0 Å². The summed E-state index contributed by atoms with van der Waals surface area (Å²) in [5, 5.41) is 3.40. The molecule has 0 atom stereocenters. The minimum absolute atomic E-state index is 0.347. The molecule has 74 valence electrons. The largest absolute Gasteiger partial charge is 0.388 e. The lowest BCUT2D eigenvalue weighted by Crippen LogP contribution is -2.27. The van der Waals surface area contributed by atoms with E-state index in [1.165, 1.54) is 19.3 Å². The number of hydrogen-bond acceptors (Lipinski definition) is 3. The van der Waals surface area contributed by atoms with Gasteiger partial charge in [-0.15, -0.1) is 0 Å². The van der Waals surface area contributed by atoms with Gasteiger partial charge in [-0.05, 0) is 31.4 Å². The molecule has 14 heavy (non-hydrogen) atoms. The SMILES string of the molecule is NC(=S)c1ccc(NC2CCC2)cn1. The van der Waals surface area contributed by atoms with Gasteiger partial charge in [-0.2, -0.15) is 0 Å². The molecule has 0 saturated heterocycles. The van der Waals surface area contributed by atoms with Crippen LogP contribution in [-0.4, -0.2) is 16.0 Å². The second kappa shape index (κ2) is 3.92. The van der Waals surface area contributed by atoms with Gasteiger partial charge in [0, 0.05) is 6.04 Å². The van der Waals surface area contributed by atoms with Crippen molar-refractivity contribution in [2.75, 3.05) is 5.32 Å². The van der Waals surface area contributed by atoms with Crippen LogP contribution in [0.2, 0.25) is 0 Å². The van der Waals surface area contributed by atoms with Gasteiger partial charge in [-0.3, -0.25) is 4.98 Å². The van der Waals surface area contributed by atoms with Crippen molar-refractivity contribution in [2.24, 2.45) is 5.73 Å². The average Bonchev–Trinajstić information content (AvgIpc) is 2.12. The molecule has 3 N–H and O–H groups in total. The summed E-state index contributed by atoms with van der Waals surface area (Å²) in [6.07, 6.45) is 5.64. The first kappa shape index (κ1) is 9.40. The van der Waals surface area contributed by atoms with E-state index < -0.39 is 0 Å². The zero-order valence-corrected chi connectivity index (χ0v) is 8.68. The molecule has 1 aliphatic carbocycles. The number of nitrogens with one attached hydrogen (secondary N) is 1. The van der Waals surface area contributed by atoms with Crippen molar-refractivity contribution in [1.29, 1.82) is 0 Å². The lowest BCUT2D eigenvalue weighted by molar-refractivity contribution is 0.445. The summed E-state index contributed by atoms with van der Waals surface area (Å²) in [7, 11) is 0. The van der Waals surface area contributed by atoms with Crippen LogP contribution in [0, 0.1) is 0 Å². The van der Waals surface area contributed by atoms with Crippen LogP contribution in [0.15, 0.2) is 18.3 Å². The average molecular weight is 207 g/mol. The van der Waals surface area contributed by atoms with Crippen molar-refractivity contribution in [3.8, 4) is 0 Å². The van der Waals surface area contributed by atoms with Gasteiger partial charge in [-0.1, -0.05) is 12.2 Å². The van der Waals surface area contributed by atoms with E-state index in [1.54, 1.807) is 6.20 Å². The monoisotopic (exact) mass is 207 g/mol. The van der Waals surface area contributed by atoms with Crippen LogP contribution in [0.4, 0.5) is 5.69 Å². The highest BCUT2D eigenvalue weighted by molar-refractivity contribution is 7.80. The molecule has 4 heteroatoms. The third-order valence-corrected chi connectivity index (χ3v) is 2.70. The van der Waals surface area contributed by atoms with Crippen molar-refractivity contribution < 1.29 is 0 Å². The maximum atomic E-state index is 5.45. The number of pyridine rings is 1. The number of thiocarbonyl (C=S) groups is 1.